The Kier molecular flexibility index (Phi) is 5.38. The Bertz CT molecular complexity index is 1420. The predicted octanol–water partition coefficient (Wildman–Crippen LogP) is 5.96. The molecule has 0 fully saturated rings. The number of aromatic carboxylic acids is 1. The van der Waals surface area contributed by atoms with E-state index < -0.39 is 5.97 Å². The fourth-order valence-electron chi connectivity index (χ4n) is 4.50. The Hall–Kier alpha value is -3.64. The highest BCUT2D eigenvalue weighted by atomic mass is 32.1. The molecule has 6 heteroatoms. The number of carbonyl (C=O) groups is 1. The van der Waals surface area contributed by atoms with Gasteiger partial charge >= 0.3 is 5.97 Å². The Morgan fingerprint density at radius 1 is 1.03 bits per heavy atom. The van der Waals surface area contributed by atoms with Crippen LogP contribution in [-0.4, -0.2) is 11.1 Å². The van der Waals surface area contributed by atoms with Crippen molar-refractivity contribution in [1.82, 2.24) is 0 Å². The molecule has 3 aromatic carbocycles. The van der Waals surface area contributed by atoms with Crippen LogP contribution in [0.1, 0.15) is 45.6 Å². The number of nitrogens with zero attached hydrogens (tertiary/aromatic N) is 1. The van der Waals surface area contributed by atoms with Crippen LogP contribution in [0.25, 0.3) is 10.1 Å². The SMILES string of the molecule is Cc1cc([C@@H](C)Nc2ccccc2C(=O)O)c2sc(N3Cc4ccccc4C3)cc(=O)c2c1. The van der Waals surface area contributed by atoms with Crippen LogP contribution in [0.4, 0.5) is 10.7 Å². The van der Waals surface area contributed by atoms with Crippen molar-refractivity contribution in [2.45, 2.75) is 33.0 Å². The van der Waals surface area contributed by atoms with Crippen molar-refractivity contribution in [3.8, 4) is 0 Å². The van der Waals surface area contributed by atoms with E-state index >= 15 is 0 Å². The number of benzene rings is 3. The highest BCUT2D eigenvalue weighted by molar-refractivity contribution is 7.22. The number of rotatable bonds is 5. The molecule has 1 aromatic heterocycles. The Balaban J connectivity index is 1.57. The zero-order valence-electron chi connectivity index (χ0n) is 18.5. The minimum Gasteiger partial charge on any atom is -0.478 e. The van der Waals surface area contributed by atoms with E-state index in [9.17, 15) is 14.7 Å². The van der Waals surface area contributed by atoms with Crippen LogP contribution in [0.5, 0.6) is 0 Å². The Morgan fingerprint density at radius 2 is 1.70 bits per heavy atom. The van der Waals surface area contributed by atoms with Gasteiger partial charge in [-0.1, -0.05) is 42.5 Å². The quantitative estimate of drug-likeness (QED) is 0.388. The molecule has 2 heterocycles. The molecular weight excluding hydrogens is 432 g/mol. The van der Waals surface area contributed by atoms with Crippen LogP contribution in [-0.2, 0) is 13.1 Å². The van der Waals surface area contributed by atoms with E-state index in [1.54, 1.807) is 35.6 Å². The summed E-state index contributed by atoms with van der Waals surface area (Å²) in [6.45, 7) is 5.57. The molecule has 0 radical (unpaired) electrons. The summed E-state index contributed by atoms with van der Waals surface area (Å²) in [7, 11) is 0. The number of fused-ring (bicyclic) bond motifs is 2. The van der Waals surface area contributed by atoms with E-state index in [0.29, 0.717) is 11.1 Å². The molecule has 5 rings (SSSR count). The second kappa shape index (κ2) is 8.37. The Morgan fingerprint density at radius 3 is 2.39 bits per heavy atom. The van der Waals surface area contributed by atoms with Crippen molar-refractivity contribution in [2.75, 3.05) is 10.2 Å². The molecule has 0 unspecified atom stereocenters. The third kappa shape index (κ3) is 3.98. The molecule has 0 saturated heterocycles. The molecule has 5 nitrogen and oxygen atoms in total. The maximum atomic E-state index is 13.1. The van der Waals surface area contributed by atoms with Gasteiger partial charge in [0.05, 0.1) is 10.6 Å². The van der Waals surface area contributed by atoms with E-state index in [0.717, 1.165) is 33.9 Å². The molecule has 0 aliphatic carbocycles. The molecule has 0 saturated carbocycles. The minimum atomic E-state index is -0.972. The van der Waals surface area contributed by atoms with Crippen LogP contribution >= 0.6 is 11.3 Å². The molecule has 0 bridgehead atoms. The first kappa shape index (κ1) is 21.2. The summed E-state index contributed by atoms with van der Waals surface area (Å²) in [6.07, 6.45) is 0. The third-order valence-corrected chi connectivity index (χ3v) is 7.38. The highest BCUT2D eigenvalue weighted by Gasteiger charge is 2.22. The minimum absolute atomic E-state index is 0.0118. The van der Waals surface area contributed by atoms with Gasteiger partial charge < -0.3 is 15.3 Å². The molecule has 1 atom stereocenters. The number of hydrogen-bond donors (Lipinski definition) is 2. The van der Waals surface area contributed by atoms with Gasteiger partial charge in [-0.2, -0.15) is 0 Å². The lowest BCUT2D eigenvalue weighted by Crippen LogP contribution is -2.16. The number of carboxylic acids is 1. The van der Waals surface area contributed by atoms with Gasteiger partial charge in [0.25, 0.3) is 0 Å². The van der Waals surface area contributed by atoms with E-state index in [1.165, 1.54) is 11.1 Å². The summed E-state index contributed by atoms with van der Waals surface area (Å²) in [5.74, 6) is -0.972. The molecule has 0 amide bonds. The van der Waals surface area contributed by atoms with Crippen molar-refractivity contribution >= 4 is 38.1 Å². The van der Waals surface area contributed by atoms with Gasteiger partial charge in [0, 0.05) is 41.0 Å². The first-order valence-electron chi connectivity index (χ1n) is 10.9. The van der Waals surface area contributed by atoms with Gasteiger partial charge in [0.1, 0.15) is 0 Å². The molecule has 33 heavy (non-hydrogen) atoms. The van der Waals surface area contributed by atoms with Gasteiger partial charge in [0.2, 0.25) is 0 Å². The number of nitrogens with one attached hydrogen (secondary N) is 1. The molecule has 4 aromatic rings. The molecular formula is C27H24N2O3S. The molecule has 1 aliphatic heterocycles. The topological polar surface area (TPSA) is 69.6 Å². The summed E-state index contributed by atoms with van der Waals surface area (Å²) in [4.78, 5) is 27.0. The third-order valence-electron chi connectivity index (χ3n) is 6.14. The normalized spacial score (nSPS) is 13.7. The van der Waals surface area contributed by atoms with Gasteiger partial charge in [-0.15, -0.1) is 11.3 Å². The standard InChI is InChI=1S/C27H24N2O3S/c1-16-11-21(17(2)28-23-10-6-5-9-20(23)27(31)32)26-22(12-16)24(30)13-25(33-26)29-14-18-7-3-4-8-19(18)15-29/h3-13,17,28H,14-15H2,1-2H3,(H,31,32)/t17-/m1/s1. The average Bonchev–Trinajstić information content (AvgIpc) is 3.23. The van der Waals surface area contributed by atoms with Crippen LogP contribution < -0.4 is 15.6 Å². The summed E-state index contributed by atoms with van der Waals surface area (Å²) in [5, 5.41) is 14.6. The lowest BCUT2D eigenvalue weighted by atomic mass is 10.0. The van der Waals surface area contributed by atoms with Crippen LogP contribution in [0.3, 0.4) is 0 Å². The maximum Gasteiger partial charge on any atom is 0.337 e. The molecule has 1 aliphatic rings. The molecule has 0 spiro atoms. The lowest BCUT2D eigenvalue weighted by molar-refractivity contribution is 0.0698. The highest BCUT2D eigenvalue weighted by Crippen LogP contribution is 2.37. The van der Waals surface area contributed by atoms with E-state index in [-0.39, 0.29) is 17.0 Å². The summed E-state index contributed by atoms with van der Waals surface area (Å²) in [5.41, 5.74) is 5.38. The predicted molar refractivity (Wildman–Crippen MR) is 135 cm³/mol. The monoisotopic (exact) mass is 456 g/mol. The van der Waals surface area contributed by atoms with Crippen molar-refractivity contribution in [2.24, 2.45) is 0 Å². The number of aryl methyl sites for hydroxylation is 1. The average molecular weight is 457 g/mol. The van der Waals surface area contributed by atoms with Gasteiger partial charge in [0.15, 0.2) is 5.43 Å². The van der Waals surface area contributed by atoms with E-state index in [2.05, 4.69) is 28.4 Å². The largest absolute Gasteiger partial charge is 0.478 e. The zero-order valence-corrected chi connectivity index (χ0v) is 19.3. The second-order valence-electron chi connectivity index (χ2n) is 8.52. The smallest absolute Gasteiger partial charge is 0.337 e. The molecule has 166 valence electrons. The number of carboxylic acid groups (broad SMARTS) is 1. The van der Waals surface area contributed by atoms with Crippen LogP contribution in [0, 0.1) is 6.92 Å². The fraction of sp³-hybridized carbons (Fsp3) is 0.185. The van der Waals surface area contributed by atoms with E-state index in [1.807, 2.05) is 38.1 Å². The van der Waals surface area contributed by atoms with Gasteiger partial charge in [-0.05, 0) is 54.3 Å². The first-order valence-corrected chi connectivity index (χ1v) is 11.7. The number of anilines is 2. The van der Waals surface area contributed by atoms with E-state index in [4.69, 9.17) is 0 Å². The van der Waals surface area contributed by atoms with Gasteiger partial charge in [-0.3, -0.25) is 4.79 Å². The fourth-order valence-corrected chi connectivity index (χ4v) is 5.75. The summed E-state index contributed by atoms with van der Waals surface area (Å²) >= 11 is 1.62. The zero-order chi connectivity index (χ0) is 23.1. The summed E-state index contributed by atoms with van der Waals surface area (Å²) in [6, 6.07) is 20.9. The van der Waals surface area contributed by atoms with Gasteiger partial charge in [-0.25, -0.2) is 4.79 Å². The van der Waals surface area contributed by atoms with Crippen LogP contribution in [0.2, 0.25) is 0 Å². The van der Waals surface area contributed by atoms with Crippen molar-refractivity contribution in [3.05, 3.63) is 105 Å². The Labute approximate surface area is 195 Å². The van der Waals surface area contributed by atoms with Crippen molar-refractivity contribution in [1.29, 1.82) is 0 Å². The summed E-state index contributed by atoms with van der Waals surface area (Å²) < 4.78 is 0.937. The number of para-hydroxylation sites is 1. The van der Waals surface area contributed by atoms with Crippen LogP contribution in [0.15, 0.2) is 71.5 Å². The second-order valence-corrected chi connectivity index (χ2v) is 9.55. The van der Waals surface area contributed by atoms with Crippen molar-refractivity contribution < 1.29 is 9.90 Å². The maximum absolute atomic E-state index is 13.1. The number of hydrogen-bond acceptors (Lipinski definition) is 5. The van der Waals surface area contributed by atoms with Crippen molar-refractivity contribution in [3.63, 3.8) is 0 Å². The first-order chi connectivity index (χ1) is 15.9. The molecule has 2 N–H and O–H groups in total. The lowest BCUT2D eigenvalue weighted by Gasteiger charge is -2.21.